The van der Waals surface area contributed by atoms with Crippen molar-refractivity contribution in [3.8, 4) is 0 Å². The molecule has 0 aliphatic carbocycles. The molecule has 0 fully saturated rings. The SMILES string of the molecule is O=C(Nc1ccccc1C(=O)NCC(F)(F)F)c1ccoc1. The monoisotopic (exact) mass is 312 g/mol. The highest BCUT2D eigenvalue weighted by Gasteiger charge is 2.28. The lowest BCUT2D eigenvalue weighted by Crippen LogP contribution is -2.34. The van der Waals surface area contributed by atoms with E-state index in [9.17, 15) is 22.8 Å². The summed E-state index contributed by atoms with van der Waals surface area (Å²) in [4.78, 5) is 23.7. The first-order valence-electron chi connectivity index (χ1n) is 6.14. The normalized spacial score (nSPS) is 11.0. The van der Waals surface area contributed by atoms with E-state index in [1.807, 2.05) is 0 Å². The van der Waals surface area contributed by atoms with Gasteiger partial charge in [0, 0.05) is 0 Å². The number of halogens is 3. The molecule has 116 valence electrons. The molecule has 22 heavy (non-hydrogen) atoms. The highest BCUT2D eigenvalue weighted by atomic mass is 19.4. The van der Waals surface area contributed by atoms with Crippen molar-refractivity contribution >= 4 is 17.5 Å². The number of furan rings is 1. The van der Waals surface area contributed by atoms with E-state index in [2.05, 4.69) is 5.32 Å². The summed E-state index contributed by atoms with van der Waals surface area (Å²) in [5.41, 5.74) is 0.266. The second-order valence-electron chi connectivity index (χ2n) is 4.31. The van der Waals surface area contributed by atoms with E-state index < -0.39 is 24.5 Å². The van der Waals surface area contributed by atoms with Crippen LogP contribution in [0.1, 0.15) is 20.7 Å². The van der Waals surface area contributed by atoms with Crippen molar-refractivity contribution in [1.29, 1.82) is 0 Å². The van der Waals surface area contributed by atoms with E-state index in [1.54, 1.807) is 11.4 Å². The smallest absolute Gasteiger partial charge is 0.405 e. The highest BCUT2D eigenvalue weighted by Crippen LogP contribution is 2.18. The van der Waals surface area contributed by atoms with Crippen LogP contribution in [0.3, 0.4) is 0 Å². The van der Waals surface area contributed by atoms with Crippen LogP contribution in [0.5, 0.6) is 0 Å². The zero-order valence-corrected chi connectivity index (χ0v) is 11.1. The second-order valence-corrected chi connectivity index (χ2v) is 4.31. The van der Waals surface area contributed by atoms with Crippen molar-refractivity contribution in [2.45, 2.75) is 6.18 Å². The summed E-state index contributed by atoms with van der Waals surface area (Å²) in [7, 11) is 0. The molecule has 0 aliphatic rings. The number of anilines is 1. The van der Waals surface area contributed by atoms with Gasteiger partial charge in [0.15, 0.2) is 0 Å². The maximum Gasteiger partial charge on any atom is 0.405 e. The molecule has 0 unspecified atom stereocenters. The third-order valence-electron chi connectivity index (χ3n) is 2.65. The molecule has 8 heteroatoms. The molecule has 0 radical (unpaired) electrons. The van der Waals surface area contributed by atoms with Crippen molar-refractivity contribution in [1.82, 2.24) is 5.32 Å². The van der Waals surface area contributed by atoms with Gasteiger partial charge in [-0.1, -0.05) is 12.1 Å². The molecular weight excluding hydrogens is 301 g/mol. The summed E-state index contributed by atoms with van der Waals surface area (Å²) in [6.45, 7) is -1.45. The van der Waals surface area contributed by atoms with Crippen molar-refractivity contribution < 1.29 is 27.2 Å². The molecule has 5 nitrogen and oxygen atoms in total. The van der Waals surface area contributed by atoms with Crippen LogP contribution < -0.4 is 10.6 Å². The summed E-state index contributed by atoms with van der Waals surface area (Å²) in [5.74, 6) is -1.47. The summed E-state index contributed by atoms with van der Waals surface area (Å²) in [6, 6.07) is 7.18. The van der Waals surface area contributed by atoms with Crippen LogP contribution in [0.4, 0.5) is 18.9 Å². The quantitative estimate of drug-likeness (QED) is 0.912. The van der Waals surface area contributed by atoms with Crippen molar-refractivity contribution in [3.05, 3.63) is 54.0 Å². The lowest BCUT2D eigenvalue weighted by Gasteiger charge is -2.12. The lowest BCUT2D eigenvalue weighted by atomic mass is 10.1. The Kier molecular flexibility index (Phi) is 4.50. The van der Waals surface area contributed by atoms with E-state index in [1.165, 1.54) is 36.8 Å². The predicted molar refractivity (Wildman–Crippen MR) is 71.5 cm³/mol. The number of nitrogens with one attached hydrogen (secondary N) is 2. The van der Waals surface area contributed by atoms with Crippen LogP contribution in [0.15, 0.2) is 47.3 Å². The molecule has 2 N–H and O–H groups in total. The molecule has 0 aliphatic heterocycles. The number of para-hydroxylation sites is 1. The summed E-state index contributed by atoms with van der Waals surface area (Å²) < 4.78 is 41.2. The average Bonchev–Trinajstić information content (AvgIpc) is 2.99. The largest absolute Gasteiger partial charge is 0.472 e. The van der Waals surface area contributed by atoms with E-state index in [4.69, 9.17) is 4.42 Å². The summed E-state index contributed by atoms with van der Waals surface area (Å²) in [5, 5.41) is 4.20. The van der Waals surface area contributed by atoms with Crippen LogP contribution >= 0.6 is 0 Å². The first-order chi connectivity index (χ1) is 10.4. The Morgan fingerprint density at radius 3 is 2.45 bits per heavy atom. The zero-order chi connectivity index (χ0) is 16.2. The Morgan fingerprint density at radius 2 is 1.82 bits per heavy atom. The number of hydrogen-bond donors (Lipinski definition) is 2. The van der Waals surface area contributed by atoms with E-state index in [0.717, 1.165) is 0 Å². The topological polar surface area (TPSA) is 71.3 Å². The molecule has 0 atom stereocenters. The van der Waals surface area contributed by atoms with Gasteiger partial charge in [0.2, 0.25) is 0 Å². The Labute approximate surface area is 123 Å². The first-order valence-corrected chi connectivity index (χ1v) is 6.14. The molecule has 0 saturated carbocycles. The second kappa shape index (κ2) is 6.33. The molecular formula is C14H11F3N2O3. The van der Waals surface area contributed by atoms with Gasteiger partial charge in [-0.3, -0.25) is 9.59 Å². The molecule has 0 spiro atoms. The third kappa shape index (κ3) is 4.11. The zero-order valence-electron chi connectivity index (χ0n) is 11.1. The standard InChI is InChI=1S/C14H11F3N2O3/c15-14(16,17)8-18-13(21)10-3-1-2-4-11(10)19-12(20)9-5-6-22-7-9/h1-7H,8H2,(H,18,21)(H,19,20). The fourth-order valence-corrected chi connectivity index (χ4v) is 1.65. The minimum Gasteiger partial charge on any atom is -0.472 e. The Bertz CT molecular complexity index is 666. The van der Waals surface area contributed by atoms with Gasteiger partial charge in [0.1, 0.15) is 12.8 Å². The summed E-state index contributed by atoms with van der Waals surface area (Å²) in [6.07, 6.45) is -2.00. The molecule has 2 aromatic rings. The van der Waals surface area contributed by atoms with Gasteiger partial charge >= 0.3 is 6.18 Å². The van der Waals surface area contributed by atoms with Crippen LogP contribution in [0.2, 0.25) is 0 Å². The molecule has 2 rings (SSSR count). The Hall–Kier alpha value is -2.77. The number of carbonyl (C=O) groups excluding carboxylic acids is 2. The molecule has 1 heterocycles. The molecule has 0 bridgehead atoms. The van der Waals surface area contributed by atoms with Crippen molar-refractivity contribution in [2.24, 2.45) is 0 Å². The minimum absolute atomic E-state index is 0.0661. The van der Waals surface area contributed by atoms with Crippen LogP contribution in [0, 0.1) is 0 Å². The van der Waals surface area contributed by atoms with E-state index in [-0.39, 0.29) is 16.8 Å². The first kappa shape index (κ1) is 15.6. The van der Waals surface area contributed by atoms with Crippen LogP contribution in [-0.4, -0.2) is 24.5 Å². The van der Waals surface area contributed by atoms with E-state index in [0.29, 0.717) is 0 Å². The average molecular weight is 312 g/mol. The highest BCUT2D eigenvalue weighted by molar-refractivity contribution is 6.08. The minimum atomic E-state index is -4.51. The van der Waals surface area contributed by atoms with Crippen LogP contribution in [-0.2, 0) is 0 Å². The number of rotatable bonds is 4. The van der Waals surface area contributed by atoms with Crippen LogP contribution in [0.25, 0.3) is 0 Å². The number of alkyl halides is 3. The lowest BCUT2D eigenvalue weighted by molar-refractivity contribution is -0.123. The van der Waals surface area contributed by atoms with Gasteiger partial charge in [-0.25, -0.2) is 0 Å². The van der Waals surface area contributed by atoms with Gasteiger partial charge < -0.3 is 15.1 Å². The van der Waals surface area contributed by atoms with Crippen molar-refractivity contribution in [3.63, 3.8) is 0 Å². The molecule has 0 saturated heterocycles. The van der Waals surface area contributed by atoms with Gasteiger partial charge in [-0.05, 0) is 18.2 Å². The Balaban J connectivity index is 2.13. The van der Waals surface area contributed by atoms with Crippen molar-refractivity contribution in [2.75, 3.05) is 11.9 Å². The van der Waals surface area contributed by atoms with Gasteiger partial charge in [-0.15, -0.1) is 0 Å². The fourth-order valence-electron chi connectivity index (χ4n) is 1.65. The number of benzene rings is 1. The number of carbonyl (C=O) groups is 2. The van der Waals surface area contributed by atoms with Gasteiger partial charge in [0.25, 0.3) is 11.8 Å². The number of amides is 2. The molecule has 2 amide bonds. The third-order valence-corrected chi connectivity index (χ3v) is 2.65. The van der Waals surface area contributed by atoms with Gasteiger partial charge in [-0.2, -0.15) is 13.2 Å². The Morgan fingerprint density at radius 1 is 1.09 bits per heavy atom. The van der Waals surface area contributed by atoms with E-state index >= 15 is 0 Å². The van der Waals surface area contributed by atoms with Gasteiger partial charge in [0.05, 0.1) is 23.1 Å². The maximum atomic E-state index is 12.1. The maximum absolute atomic E-state index is 12.1. The molecule has 1 aromatic heterocycles. The fraction of sp³-hybridized carbons (Fsp3) is 0.143. The summed E-state index contributed by atoms with van der Waals surface area (Å²) >= 11 is 0. The predicted octanol–water partition coefficient (Wildman–Crippen LogP) is 2.82. The molecule has 1 aromatic carbocycles. The number of hydrogen-bond acceptors (Lipinski definition) is 3.